The van der Waals surface area contributed by atoms with Crippen molar-refractivity contribution in [1.82, 2.24) is 5.32 Å². The maximum atomic E-state index is 6.33. The van der Waals surface area contributed by atoms with Crippen LogP contribution in [0, 0.1) is 0 Å². The summed E-state index contributed by atoms with van der Waals surface area (Å²) in [6.07, 6.45) is 3.07. The molecule has 1 rings (SSSR count). The van der Waals surface area contributed by atoms with E-state index in [1.54, 1.807) is 7.11 Å². The number of ether oxygens (including phenoxy) is 2. The first-order chi connectivity index (χ1) is 10.3. The van der Waals surface area contributed by atoms with Crippen molar-refractivity contribution in [2.75, 3.05) is 40.0 Å². The predicted molar refractivity (Wildman–Crippen MR) is 89.3 cm³/mol. The Balaban J connectivity index is 2.43. The zero-order valence-electron chi connectivity index (χ0n) is 13.2. The first kappa shape index (κ1) is 18.4. The van der Waals surface area contributed by atoms with Crippen LogP contribution in [0.4, 0.5) is 0 Å². The highest BCUT2D eigenvalue weighted by Crippen LogP contribution is 2.26. The Hall–Kier alpha value is -0.610. The second-order valence-corrected chi connectivity index (χ2v) is 5.58. The van der Waals surface area contributed by atoms with Crippen LogP contribution in [0.15, 0.2) is 24.3 Å². The van der Waals surface area contributed by atoms with Gasteiger partial charge in [0.25, 0.3) is 0 Å². The average Bonchev–Trinajstić information content (AvgIpc) is 2.50. The van der Waals surface area contributed by atoms with E-state index in [-0.39, 0.29) is 0 Å². The third kappa shape index (κ3) is 7.82. The maximum absolute atomic E-state index is 6.33. The Kier molecular flexibility index (Phi) is 10.5. The van der Waals surface area contributed by atoms with Crippen LogP contribution in [0.25, 0.3) is 0 Å². The van der Waals surface area contributed by atoms with Gasteiger partial charge in [0.15, 0.2) is 0 Å². The molecule has 21 heavy (non-hydrogen) atoms. The van der Waals surface area contributed by atoms with Gasteiger partial charge in [-0.05, 0) is 43.4 Å². The predicted octanol–water partition coefficient (Wildman–Crippen LogP) is 3.87. The Morgan fingerprint density at radius 1 is 1.19 bits per heavy atom. The highest BCUT2D eigenvalue weighted by Gasteiger charge is 2.14. The lowest BCUT2D eigenvalue weighted by molar-refractivity contribution is 0.0980. The number of rotatable bonds is 12. The molecule has 0 radical (unpaired) electrons. The van der Waals surface area contributed by atoms with Gasteiger partial charge in [-0.2, -0.15) is 0 Å². The minimum Gasteiger partial charge on any atom is -0.385 e. The van der Waals surface area contributed by atoms with Crippen molar-refractivity contribution in [3.63, 3.8) is 0 Å². The molecule has 0 aliphatic heterocycles. The second-order valence-electron chi connectivity index (χ2n) is 5.17. The number of benzene rings is 1. The first-order valence-corrected chi connectivity index (χ1v) is 8.19. The Labute approximate surface area is 134 Å². The van der Waals surface area contributed by atoms with E-state index >= 15 is 0 Å². The molecule has 0 saturated heterocycles. The summed E-state index contributed by atoms with van der Waals surface area (Å²) in [4.78, 5) is 0. The fourth-order valence-corrected chi connectivity index (χ4v) is 2.55. The molecule has 4 heteroatoms. The van der Waals surface area contributed by atoms with Gasteiger partial charge in [-0.15, -0.1) is 0 Å². The number of hydrogen-bond acceptors (Lipinski definition) is 3. The average molecular weight is 314 g/mol. The topological polar surface area (TPSA) is 30.5 Å². The smallest absolute Gasteiger partial charge is 0.0487 e. The highest BCUT2D eigenvalue weighted by molar-refractivity contribution is 6.31. The Morgan fingerprint density at radius 3 is 2.71 bits per heavy atom. The molecular formula is C17H28ClNO2. The van der Waals surface area contributed by atoms with Crippen LogP contribution in [-0.4, -0.2) is 40.0 Å². The lowest BCUT2D eigenvalue weighted by Gasteiger charge is -2.19. The summed E-state index contributed by atoms with van der Waals surface area (Å²) >= 11 is 6.33. The first-order valence-electron chi connectivity index (χ1n) is 7.81. The van der Waals surface area contributed by atoms with E-state index in [1.165, 1.54) is 5.56 Å². The summed E-state index contributed by atoms with van der Waals surface area (Å²) in [5.41, 5.74) is 1.21. The van der Waals surface area contributed by atoms with E-state index in [1.807, 2.05) is 18.2 Å². The third-order valence-electron chi connectivity index (χ3n) is 3.41. The minimum absolute atomic E-state index is 0.396. The van der Waals surface area contributed by atoms with Crippen LogP contribution in [0.2, 0.25) is 5.02 Å². The summed E-state index contributed by atoms with van der Waals surface area (Å²) in [5.74, 6) is 0.396. The molecule has 0 aromatic heterocycles. The highest BCUT2D eigenvalue weighted by atomic mass is 35.5. The molecule has 0 heterocycles. The van der Waals surface area contributed by atoms with Gasteiger partial charge < -0.3 is 14.8 Å². The molecule has 1 aromatic rings. The van der Waals surface area contributed by atoms with E-state index in [4.69, 9.17) is 21.1 Å². The van der Waals surface area contributed by atoms with Crippen molar-refractivity contribution in [1.29, 1.82) is 0 Å². The zero-order valence-corrected chi connectivity index (χ0v) is 14.0. The molecule has 0 fully saturated rings. The van der Waals surface area contributed by atoms with Crippen LogP contribution >= 0.6 is 11.6 Å². The van der Waals surface area contributed by atoms with Gasteiger partial charge in [-0.25, -0.2) is 0 Å². The summed E-state index contributed by atoms with van der Waals surface area (Å²) in [7, 11) is 1.72. The van der Waals surface area contributed by atoms with Gasteiger partial charge in [0.2, 0.25) is 0 Å². The summed E-state index contributed by atoms with van der Waals surface area (Å²) < 4.78 is 10.7. The van der Waals surface area contributed by atoms with E-state index in [0.29, 0.717) is 5.92 Å². The van der Waals surface area contributed by atoms with E-state index in [0.717, 1.165) is 57.2 Å². The number of hydrogen-bond donors (Lipinski definition) is 1. The van der Waals surface area contributed by atoms with Gasteiger partial charge >= 0.3 is 0 Å². The third-order valence-corrected chi connectivity index (χ3v) is 3.75. The van der Waals surface area contributed by atoms with Crippen LogP contribution < -0.4 is 5.32 Å². The molecule has 0 saturated carbocycles. The summed E-state index contributed by atoms with van der Waals surface area (Å²) in [6.45, 7) is 6.43. The van der Waals surface area contributed by atoms with Crippen LogP contribution in [0.5, 0.6) is 0 Å². The molecule has 0 amide bonds. The molecule has 0 spiro atoms. The van der Waals surface area contributed by atoms with Gasteiger partial charge in [0.1, 0.15) is 0 Å². The largest absolute Gasteiger partial charge is 0.385 e. The lowest BCUT2D eigenvalue weighted by atomic mass is 9.96. The SMILES string of the molecule is CCCNCC(CCOCCCOC)c1ccccc1Cl. The standard InChI is InChI=1S/C17H28ClNO2/c1-3-10-19-14-15(9-13-21-12-6-11-20-2)16-7-4-5-8-17(16)18/h4-5,7-8,15,19H,3,6,9-14H2,1-2H3. The molecule has 0 bridgehead atoms. The van der Waals surface area contributed by atoms with Crippen molar-refractivity contribution in [2.45, 2.75) is 32.1 Å². The Bertz CT molecular complexity index is 374. The monoisotopic (exact) mass is 313 g/mol. The molecule has 1 atom stereocenters. The summed E-state index contributed by atoms with van der Waals surface area (Å²) in [6, 6.07) is 8.10. The number of halogens is 1. The molecule has 1 aromatic carbocycles. The van der Waals surface area contributed by atoms with E-state index in [2.05, 4.69) is 18.3 Å². The van der Waals surface area contributed by atoms with Gasteiger partial charge in [0, 0.05) is 38.5 Å². The van der Waals surface area contributed by atoms with E-state index < -0.39 is 0 Å². The molecule has 0 aliphatic carbocycles. The van der Waals surface area contributed by atoms with Crippen molar-refractivity contribution in [2.24, 2.45) is 0 Å². The van der Waals surface area contributed by atoms with Crippen LogP contribution in [-0.2, 0) is 9.47 Å². The molecule has 3 nitrogen and oxygen atoms in total. The molecule has 1 N–H and O–H groups in total. The van der Waals surface area contributed by atoms with Gasteiger partial charge in [-0.3, -0.25) is 0 Å². The van der Waals surface area contributed by atoms with Crippen LogP contribution in [0.3, 0.4) is 0 Å². The van der Waals surface area contributed by atoms with Crippen molar-refractivity contribution in [3.05, 3.63) is 34.9 Å². The van der Waals surface area contributed by atoms with Crippen LogP contribution in [0.1, 0.15) is 37.7 Å². The van der Waals surface area contributed by atoms with Crippen molar-refractivity contribution >= 4 is 11.6 Å². The lowest BCUT2D eigenvalue weighted by Crippen LogP contribution is -2.23. The Morgan fingerprint density at radius 2 is 2.00 bits per heavy atom. The fraction of sp³-hybridized carbons (Fsp3) is 0.647. The quantitative estimate of drug-likeness (QED) is 0.594. The molecule has 1 unspecified atom stereocenters. The van der Waals surface area contributed by atoms with E-state index in [9.17, 15) is 0 Å². The molecule has 120 valence electrons. The maximum Gasteiger partial charge on any atom is 0.0487 e. The zero-order chi connectivity index (χ0) is 15.3. The number of nitrogens with one attached hydrogen (secondary N) is 1. The van der Waals surface area contributed by atoms with Gasteiger partial charge in [-0.1, -0.05) is 36.7 Å². The van der Waals surface area contributed by atoms with Crippen molar-refractivity contribution < 1.29 is 9.47 Å². The van der Waals surface area contributed by atoms with Crippen molar-refractivity contribution in [3.8, 4) is 0 Å². The second kappa shape index (κ2) is 12.0. The molecule has 0 aliphatic rings. The molecular weight excluding hydrogens is 286 g/mol. The number of methoxy groups -OCH3 is 1. The van der Waals surface area contributed by atoms with Gasteiger partial charge in [0.05, 0.1) is 0 Å². The minimum atomic E-state index is 0.396. The fourth-order valence-electron chi connectivity index (χ4n) is 2.26. The normalized spacial score (nSPS) is 12.5. The summed E-state index contributed by atoms with van der Waals surface area (Å²) in [5, 5.41) is 4.34.